The number of carbonyl (C=O) groups excluding carboxylic acids is 1. The van der Waals surface area contributed by atoms with Crippen molar-refractivity contribution in [3.05, 3.63) is 43.0 Å². The fourth-order valence-corrected chi connectivity index (χ4v) is 2.06. The molecule has 10 heteroatoms. The summed E-state index contributed by atoms with van der Waals surface area (Å²) in [6.07, 6.45) is 1.06. The number of nitrogens with one attached hydrogen (secondary N) is 2. The van der Waals surface area contributed by atoms with Gasteiger partial charge >= 0.3 is 16.3 Å². The summed E-state index contributed by atoms with van der Waals surface area (Å²) < 4.78 is 33.9. The van der Waals surface area contributed by atoms with Crippen molar-refractivity contribution >= 4 is 22.2 Å². The zero-order valence-corrected chi connectivity index (χ0v) is 12.3. The number of hydrogen-bond donors (Lipinski definition) is 4. The zero-order chi connectivity index (χ0) is 16.8. The third kappa shape index (κ3) is 5.07. The van der Waals surface area contributed by atoms with Crippen molar-refractivity contribution in [3.63, 3.8) is 0 Å². The van der Waals surface area contributed by atoms with Crippen LogP contribution >= 0.6 is 0 Å². The van der Waals surface area contributed by atoms with Gasteiger partial charge in [-0.05, 0) is 12.1 Å². The largest absolute Gasteiger partial charge is 0.461 e. The maximum Gasteiger partial charge on any atom is 0.412 e. The number of rotatable bonds is 7. The molecule has 1 aromatic rings. The second-order valence-corrected chi connectivity index (χ2v) is 5.42. The molecule has 0 amide bonds. The number of carbonyl (C=O) groups is 1. The quantitative estimate of drug-likeness (QED) is 0.229. The molecule has 0 spiro atoms. The van der Waals surface area contributed by atoms with Gasteiger partial charge in [0.1, 0.15) is 5.75 Å². The normalized spacial score (nSPS) is 13.5. The van der Waals surface area contributed by atoms with Crippen molar-refractivity contribution in [2.24, 2.45) is 11.5 Å². The molecule has 1 atom stereocenters. The number of hydrogen-bond acceptors (Lipinski definition) is 7. The first kappa shape index (κ1) is 17.5. The molecule has 0 aromatic heterocycles. The van der Waals surface area contributed by atoms with E-state index in [4.69, 9.17) is 21.6 Å². The van der Waals surface area contributed by atoms with Gasteiger partial charge in [-0.1, -0.05) is 24.3 Å². The molecule has 6 N–H and O–H groups in total. The predicted molar refractivity (Wildman–Crippen MR) is 78.9 cm³/mol. The molecule has 0 bridgehead atoms. The van der Waals surface area contributed by atoms with Crippen molar-refractivity contribution in [3.8, 4) is 5.75 Å². The number of benzene rings is 1. The van der Waals surface area contributed by atoms with Crippen molar-refractivity contribution in [2.45, 2.75) is 12.1 Å². The molecule has 0 saturated carbocycles. The Hall–Kier alpha value is -2.59. The van der Waals surface area contributed by atoms with E-state index < -0.39 is 28.0 Å². The van der Waals surface area contributed by atoms with E-state index in [0.29, 0.717) is 0 Å². The minimum Gasteiger partial charge on any atom is -0.461 e. The zero-order valence-electron chi connectivity index (χ0n) is 11.5. The summed E-state index contributed by atoms with van der Waals surface area (Å²) in [7, 11) is -4.62. The lowest BCUT2D eigenvalue weighted by molar-refractivity contribution is -0.151. The van der Waals surface area contributed by atoms with Crippen LogP contribution in [-0.4, -0.2) is 26.1 Å². The standard InChI is InChI=1S/C12H16N4O5S/c1-2-8-12(15,20-9-6-4-3-5-7-9)10(17)21-22(18,19)16-11(13)14/h2-7H,1,8,15H2,(H4,13,14,16). The van der Waals surface area contributed by atoms with Crippen molar-refractivity contribution < 1.29 is 22.1 Å². The van der Waals surface area contributed by atoms with E-state index in [1.54, 1.807) is 18.2 Å². The fourth-order valence-electron chi connectivity index (χ4n) is 1.41. The average molecular weight is 328 g/mol. The van der Waals surface area contributed by atoms with Crippen LogP contribution in [0, 0.1) is 5.41 Å². The van der Waals surface area contributed by atoms with Gasteiger partial charge in [-0.3, -0.25) is 11.1 Å². The molecule has 1 rings (SSSR count). The first-order valence-electron chi connectivity index (χ1n) is 5.93. The molecule has 0 aliphatic heterocycles. The van der Waals surface area contributed by atoms with Gasteiger partial charge in [0.15, 0.2) is 0 Å². The van der Waals surface area contributed by atoms with Gasteiger partial charge in [-0.15, -0.1) is 6.58 Å². The smallest absolute Gasteiger partial charge is 0.412 e. The van der Waals surface area contributed by atoms with Crippen LogP contribution < -0.4 is 20.9 Å². The highest BCUT2D eigenvalue weighted by Gasteiger charge is 2.40. The molecule has 0 fully saturated rings. The summed E-state index contributed by atoms with van der Waals surface area (Å²) in [4.78, 5) is 12.0. The Kier molecular flexibility index (Phi) is 5.49. The average Bonchev–Trinajstić information content (AvgIpc) is 2.37. The van der Waals surface area contributed by atoms with E-state index in [0.717, 1.165) is 0 Å². The van der Waals surface area contributed by atoms with Crippen LogP contribution in [-0.2, 0) is 19.3 Å². The lowest BCUT2D eigenvalue weighted by Crippen LogP contribution is -2.55. The van der Waals surface area contributed by atoms with Crippen LogP contribution in [0.1, 0.15) is 6.42 Å². The minimum atomic E-state index is -4.62. The van der Waals surface area contributed by atoms with Crippen molar-refractivity contribution in [2.75, 3.05) is 0 Å². The van der Waals surface area contributed by atoms with Gasteiger partial charge in [0.2, 0.25) is 5.96 Å². The van der Waals surface area contributed by atoms with E-state index in [-0.39, 0.29) is 12.2 Å². The highest BCUT2D eigenvalue weighted by Crippen LogP contribution is 2.19. The van der Waals surface area contributed by atoms with Gasteiger partial charge in [-0.25, -0.2) is 9.52 Å². The van der Waals surface area contributed by atoms with Crippen LogP contribution in [0.3, 0.4) is 0 Å². The summed E-state index contributed by atoms with van der Waals surface area (Å²) in [5, 5.41) is 6.83. The minimum absolute atomic E-state index is 0.212. The van der Waals surface area contributed by atoms with E-state index in [1.165, 1.54) is 22.9 Å². The van der Waals surface area contributed by atoms with Crippen LogP contribution in [0.5, 0.6) is 5.75 Å². The number of guanidine groups is 1. The maximum absolute atomic E-state index is 12.0. The van der Waals surface area contributed by atoms with E-state index >= 15 is 0 Å². The van der Waals surface area contributed by atoms with Gasteiger partial charge in [-0.2, -0.15) is 8.42 Å². The van der Waals surface area contributed by atoms with Gasteiger partial charge in [0.05, 0.1) is 0 Å². The van der Waals surface area contributed by atoms with E-state index in [1.807, 2.05) is 0 Å². The van der Waals surface area contributed by atoms with Gasteiger partial charge in [0.25, 0.3) is 5.72 Å². The number of para-hydroxylation sites is 1. The molecule has 1 aromatic carbocycles. The van der Waals surface area contributed by atoms with Crippen LogP contribution in [0.15, 0.2) is 43.0 Å². The lowest BCUT2D eigenvalue weighted by Gasteiger charge is -2.26. The molecule has 0 heterocycles. The third-order valence-corrected chi connectivity index (χ3v) is 3.10. The van der Waals surface area contributed by atoms with Crippen LogP contribution in [0.25, 0.3) is 0 Å². The first-order chi connectivity index (χ1) is 10.2. The van der Waals surface area contributed by atoms with Crippen LogP contribution in [0.2, 0.25) is 0 Å². The Bertz CT molecular complexity index is 661. The second-order valence-electron chi connectivity index (χ2n) is 4.14. The van der Waals surface area contributed by atoms with Gasteiger partial charge in [0, 0.05) is 6.42 Å². The molecular formula is C12H16N4O5S. The molecule has 9 nitrogen and oxygen atoms in total. The number of ether oxygens (including phenoxy) is 1. The third-order valence-electron chi connectivity index (χ3n) is 2.26. The monoisotopic (exact) mass is 328 g/mol. The van der Waals surface area contributed by atoms with Crippen molar-refractivity contribution in [1.82, 2.24) is 4.72 Å². The van der Waals surface area contributed by atoms with E-state index in [2.05, 4.69) is 10.8 Å². The molecule has 22 heavy (non-hydrogen) atoms. The maximum atomic E-state index is 12.0. The Balaban J connectivity index is 2.96. The highest BCUT2D eigenvalue weighted by molar-refractivity contribution is 7.85. The number of nitrogens with two attached hydrogens (primary N) is 2. The first-order valence-corrected chi connectivity index (χ1v) is 7.34. The molecule has 0 aliphatic rings. The van der Waals surface area contributed by atoms with Crippen molar-refractivity contribution in [1.29, 1.82) is 5.41 Å². The summed E-state index contributed by atoms with van der Waals surface area (Å²) in [5.74, 6) is -2.06. The summed E-state index contributed by atoms with van der Waals surface area (Å²) in [6.45, 7) is 3.43. The fraction of sp³-hybridized carbons (Fsp3) is 0.167. The molecule has 0 aliphatic carbocycles. The summed E-state index contributed by atoms with van der Waals surface area (Å²) in [6, 6.07) is 8.06. The van der Waals surface area contributed by atoms with Gasteiger partial charge < -0.3 is 14.7 Å². The van der Waals surface area contributed by atoms with Crippen LogP contribution in [0.4, 0.5) is 0 Å². The molecule has 1 unspecified atom stereocenters. The Morgan fingerprint density at radius 3 is 2.50 bits per heavy atom. The van der Waals surface area contributed by atoms with E-state index in [9.17, 15) is 13.2 Å². The molecule has 0 radical (unpaired) electrons. The second kappa shape index (κ2) is 6.91. The molecular weight excluding hydrogens is 312 g/mol. The topological polar surface area (TPSA) is 158 Å². The Morgan fingerprint density at radius 1 is 1.41 bits per heavy atom. The lowest BCUT2D eigenvalue weighted by atomic mass is 10.1. The SMILES string of the molecule is C=CCC(N)(Oc1ccccc1)C(=O)OS(=O)(=O)NC(=N)N. The Morgan fingerprint density at radius 2 is 2.00 bits per heavy atom. The Labute approximate surface area is 127 Å². The predicted octanol–water partition coefficient (Wildman–Crippen LogP) is -0.432. The summed E-state index contributed by atoms with van der Waals surface area (Å²) in [5.41, 5.74) is 8.54. The highest BCUT2D eigenvalue weighted by atomic mass is 32.2. The molecule has 120 valence electrons. The summed E-state index contributed by atoms with van der Waals surface area (Å²) >= 11 is 0. The molecule has 0 saturated heterocycles.